The van der Waals surface area contributed by atoms with Crippen LogP contribution in [0.2, 0.25) is 0 Å². The second kappa shape index (κ2) is 4.77. The zero-order valence-electron chi connectivity index (χ0n) is 9.15. The lowest BCUT2D eigenvalue weighted by Crippen LogP contribution is -2.33. The van der Waals surface area contributed by atoms with E-state index in [9.17, 15) is 5.11 Å². The van der Waals surface area contributed by atoms with E-state index < -0.39 is 0 Å². The lowest BCUT2D eigenvalue weighted by Gasteiger charge is -2.27. The Morgan fingerprint density at radius 3 is 2.73 bits per heavy atom. The van der Waals surface area contributed by atoms with Crippen molar-refractivity contribution in [2.45, 2.75) is 25.9 Å². The first-order valence-corrected chi connectivity index (χ1v) is 5.57. The minimum absolute atomic E-state index is 0.194. The molecular weight excluding hydrogens is 188 g/mol. The first kappa shape index (κ1) is 10.7. The maximum Gasteiger partial charge on any atom is 0.0615 e. The van der Waals surface area contributed by atoms with Crippen LogP contribution in [0.3, 0.4) is 0 Å². The Morgan fingerprint density at radius 1 is 1.33 bits per heavy atom. The molecule has 1 aliphatic heterocycles. The number of ether oxygens (including phenoxy) is 1. The van der Waals surface area contributed by atoms with Gasteiger partial charge < -0.3 is 9.84 Å². The second-order valence-electron chi connectivity index (χ2n) is 4.38. The molecule has 0 aliphatic carbocycles. The second-order valence-corrected chi connectivity index (χ2v) is 4.38. The molecule has 0 bridgehead atoms. The van der Waals surface area contributed by atoms with E-state index in [-0.39, 0.29) is 12.0 Å². The lowest BCUT2D eigenvalue weighted by atomic mass is 9.91. The molecule has 0 spiro atoms. The SMILES string of the molecule is Cc1ccc(C[C@H]2COCC[C@H]2O)cc1. The van der Waals surface area contributed by atoms with Gasteiger partial charge in [0.05, 0.1) is 12.7 Å². The predicted octanol–water partition coefficient (Wildman–Crippen LogP) is 1.93. The monoisotopic (exact) mass is 206 g/mol. The van der Waals surface area contributed by atoms with Crippen LogP contribution in [0.5, 0.6) is 0 Å². The highest BCUT2D eigenvalue weighted by molar-refractivity contribution is 5.21. The van der Waals surface area contributed by atoms with Gasteiger partial charge in [-0.15, -0.1) is 0 Å². The minimum Gasteiger partial charge on any atom is -0.393 e. The topological polar surface area (TPSA) is 29.5 Å². The maximum atomic E-state index is 9.80. The van der Waals surface area contributed by atoms with Crippen molar-refractivity contribution < 1.29 is 9.84 Å². The molecule has 1 aromatic carbocycles. The van der Waals surface area contributed by atoms with Gasteiger partial charge in [0, 0.05) is 12.5 Å². The molecule has 2 rings (SSSR count). The molecule has 2 nitrogen and oxygen atoms in total. The summed E-state index contributed by atoms with van der Waals surface area (Å²) >= 11 is 0. The largest absolute Gasteiger partial charge is 0.393 e. The van der Waals surface area contributed by atoms with Crippen molar-refractivity contribution in [2.24, 2.45) is 5.92 Å². The average molecular weight is 206 g/mol. The fourth-order valence-electron chi connectivity index (χ4n) is 2.01. The van der Waals surface area contributed by atoms with Crippen molar-refractivity contribution in [1.82, 2.24) is 0 Å². The Labute approximate surface area is 90.9 Å². The molecule has 2 atom stereocenters. The van der Waals surface area contributed by atoms with Crippen LogP contribution >= 0.6 is 0 Å². The van der Waals surface area contributed by atoms with E-state index in [1.165, 1.54) is 11.1 Å². The normalized spacial score (nSPS) is 26.5. The standard InChI is InChI=1S/C13H18O2/c1-10-2-4-11(5-3-10)8-12-9-15-7-6-13(12)14/h2-5,12-14H,6-9H2,1H3/t12-,13+/m0/s1. The van der Waals surface area contributed by atoms with Crippen LogP contribution in [0.4, 0.5) is 0 Å². The smallest absolute Gasteiger partial charge is 0.0615 e. The van der Waals surface area contributed by atoms with Crippen LogP contribution in [-0.2, 0) is 11.2 Å². The fraction of sp³-hybridized carbons (Fsp3) is 0.538. The quantitative estimate of drug-likeness (QED) is 0.801. The van der Waals surface area contributed by atoms with Crippen molar-refractivity contribution in [2.75, 3.05) is 13.2 Å². The molecule has 0 radical (unpaired) electrons. The van der Waals surface area contributed by atoms with E-state index in [0.29, 0.717) is 13.2 Å². The first-order chi connectivity index (χ1) is 7.25. The van der Waals surface area contributed by atoms with Gasteiger partial charge in [-0.3, -0.25) is 0 Å². The number of rotatable bonds is 2. The molecule has 1 aromatic rings. The molecule has 0 unspecified atom stereocenters. The first-order valence-electron chi connectivity index (χ1n) is 5.57. The van der Waals surface area contributed by atoms with E-state index in [0.717, 1.165) is 12.8 Å². The van der Waals surface area contributed by atoms with Crippen molar-refractivity contribution in [3.05, 3.63) is 35.4 Å². The molecule has 1 heterocycles. The number of aliphatic hydroxyl groups is 1. The van der Waals surface area contributed by atoms with Crippen molar-refractivity contribution >= 4 is 0 Å². The minimum atomic E-state index is -0.194. The highest BCUT2D eigenvalue weighted by atomic mass is 16.5. The van der Waals surface area contributed by atoms with Crippen LogP contribution in [-0.4, -0.2) is 24.4 Å². The molecule has 0 saturated carbocycles. The Kier molecular flexibility index (Phi) is 3.39. The summed E-state index contributed by atoms with van der Waals surface area (Å²) in [7, 11) is 0. The Bertz CT molecular complexity index is 305. The number of benzene rings is 1. The van der Waals surface area contributed by atoms with Crippen molar-refractivity contribution in [3.8, 4) is 0 Å². The predicted molar refractivity (Wildman–Crippen MR) is 59.8 cm³/mol. The van der Waals surface area contributed by atoms with E-state index >= 15 is 0 Å². The zero-order valence-corrected chi connectivity index (χ0v) is 9.15. The van der Waals surface area contributed by atoms with Crippen LogP contribution < -0.4 is 0 Å². The van der Waals surface area contributed by atoms with E-state index in [1.54, 1.807) is 0 Å². The molecule has 1 fully saturated rings. The van der Waals surface area contributed by atoms with Gasteiger partial charge in [0.15, 0.2) is 0 Å². The number of hydrogen-bond donors (Lipinski definition) is 1. The van der Waals surface area contributed by atoms with Crippen molar-refractivity contribution in [1.29, 1.82) is 0 Å². The summed E-state index contributed by atoms with van der Waals surface area (Å²) in [5, 5.41) is 9.80. The van der Waals surface area contributed by atoms with Crippen LogP contribution in [0.15, 0.2) is 24.3 Å². The summed E-state index contributed by atoms with van der Waals surface area (Å²) in [5.74, 6) is 0.265. The van der Waals surface area contributed by atoms with Gasteiger partial charge in [-0.25, -0.2) is 0 Å². The fourth-order valence-corrected chi connectivity index (χ4v) is 2.01. The van der Waals surface area contributed by atoms with Gasteiger partial charge in [0.1, 0.15) is 0 Å². The Hall–Kier alpha value is -0.860. The van der Waals surface area contributed by atoms with Gasteiger partial charge >= 0.3 is 0 Å². The zero-order chi connectivity index (χ0) is 10.7. The summed E-state index contributed by atoms with van der Waals surface area (Å²) < 4.78 is 5.39. The Balaban J connectivity index is 1.98. The molecule has 0 aromatic heterocycles. The molecule has 0 amide bonds. The van der Waals surface area contributed by atoms with Gasteiger partial charge in [-0.05, 0) is 25.3 Å². The summed E-state index contributed by atoms with van der Waals surface area (Å²) in [6, 6.07) is 8.50. The van der Waals surface area contributed by atoms with E-state index in [1.807, 2.05) is 0 Å². The Morgan fingerprint density at radius 2 is 2.07 bits per heavy atom. The van der Waals surface area contributed by atoms with Crippen LogP contribution in [0.25, 0.3) is 0 Å². The highest BCUT2D eigenvalue weighted by Gasteiger charge is 2.23. The third kappa shape index (κ3) is 2.80. The lowest BCUT2D eigenvalue weighted by molar-refractivity contribution is -0.0350. The van der Waals surface area contributed by atoms with Crippen molar-refractivity contribution in [3.63, 3.8) is 0 Å². The average Bonchev–Trinajstić information content (AvgIpc) is 2.25. The molecule has 1 N–H and O–H groups in total. The molecule has 2 heteroatoms. The van der Waals surface area contributed by atoms with Gasteiger partial charge in [-0.1, -0.05) is 29.8 Å². The highest BCUT2D eigenvalue weighted by Crippen LogP contribution is 2.19. The molecular formula is C13H18O2. The van der Waals surface area contributed by atoms with Crippen LogP contribution in [0, 0.1) is 12.8 Å². The summed E-state index contributed by atoms with van der Waals surface area (Å²) in [6.45, 7) is 3.48. The summed E-state index contributed by atoms with van der Waals surface area (Å²) in [6.07, 6.45) is 1.50. The van der Waals surface area contributed by atoms with E-state index in [2.05, 4.69) is 31.2 Å². The number of aryl methyl sites for hydroxylation is 1. The summed E-state index contributed by atoms with van der Waals surface area (Å²) in [4.78, 5) is 0. The number of hydrogen-bond acceptors (Lipinski definition) is 2. The molecule has 15 heavy (non-hydrogen) atoms. The molecule has 1 saturated heterocycles. The molecule has 82 valence electrons. The van der Waals surface area contributed by atoms with Crippen LogP contribution in [0.1, 0.15) is 17.5 Å². The third-order valence-corrected chi connectivity index (χ3v) is 3.05. The maximum absolute atomic E-state index is 9.80. The third-order valence-electron chi connectivity index (χ3n) is 3.05. The van der Waals surface area contributed by atoms with Gasteiger partial charge in [0.25, 0.3) is 0 Å². The summed E-state index contributed by atoms with van der Waals surface area (Å²) in [5.41, 5.74) is 2.56. The van der Waals surface area contributed by atoms with E-state index in [4.69, 9.17) is 4.74 Å². The van der Waals surface area contributed by atoms with Gasteiger partial charge in [-0.2, -0.15) is 0 Å². The number of aliphatic hydroxyl groups excluding tert-OH is 1. The van der Waals surface area contributed by atoms with Gasteiger partial charge in [0.2, 0.25) is 0 Å². The molecule has 1 aliphatic rings.